The summed E-state index contributed by atoms with van der Waals surface area (Å²) in [6.45, 7) is 0. The lowest BCUT2D eigenvalue weighted by atomic mass is 10.1. The highest BCUT2D eigenvalue weighted by Gasteiger charge is 2.10. The van der Waals surface area contributed by atoms with E-state index >= 15 is 0 Å². The summed E-state index contributed by atoms with van der Waals surface area (Å²) >= 11 is 1.61. The van der Waals surface area contributed by atoms with Gasteiger partial charge >= 0.3 is 11.9 Å². The first kappa shape index (κ1) is 15.5. The van der Waals surface area contributed by atoms with E-state index in [1.54, 1.807) is 23.9 Å². The summed E-state index contributed by atoms with van der Waals surface area (Å²) in [6.07, 6.45) is 0.445. The molecule has 1 unspecified atom stereocenters. The molecule has 0 bridgehead atoms. The Kier molecular flexibility index (Phi) is 6.38. The molecule has 0 heterocycles. The highest BCUT2D eigenvalue weighted by Crippen LogP contribution is 2.15. The molecular formula is C13H17NO4S. The molecule has 5 nitrogen and oxygen atoms in total. The second kappa shape index (κ2) is 7.81. The van der Waals surface area contributed by atoms with Gasteiger partial charge in [-0.2, -0.15) is 11.8 Å². The van der Waals surface area contributed by atoms with Crippen LogP contribution in [0, 0.1) is 0 Å². The molecule has 0 spiro atoms. The molecule has 0 fully saturated rings. The summed E-state index contributed by atoms with van der Waals surface area (Å²) < 4.78 is 4.61. The number of hydrogen-bond acceptors (Lipinski definition) is 5. The zero-order chi connectivity index (χ0) is 14.3. The quantitative estimate of drug-likeness (QED) is 0.582. The predicted octanol–water partition coefficient (Wildman–Crippen LogP) is 1.51. The van der Waals surface area contributed by atoms with E-state index in [-0.39, 0.29) is 5.97 Å². The molecule has 0 aliphatic heterocycles. The smallest absolute Gasteiger partial charge is 0.337 e. The fourth-order valence-corrected chi connectivity index (χ4v) is 2.37. The minimum absolute atomic E-state index is 0.355. The summed E-state index contributed by atoms with van der Waals surface area (Å²) in [5.41, 5.74) is 6.99. The third-order valence-electron chi connectivity index (χ3n) is 2.53. The molecule has 0 aliphatic rings. The maximum absolute atomic E-state index is 11.2. The second-order valence-electron chi connectivity index (χ2n) is 3.97. The van der Waals surface area contributed by atoms with Crippen LogP contribution in [0.3, 0.4) is 0 Å². The number of thioether (sulfide) groups is 1. The molecule has 1 aromatic rings. The molecule has 104 valence electrons. The van der Waals surface area contributed by atoms with Crippen molar-refractivity contribution in [3.63, 3.8) is 0 Å². The molecule has 0 saturated heterocycles. The summed E-state index contributed by atoms with van der Waals surface area (Å²) in [5.74, 6) is 0.120. The van der Waals surface area contributed by atoms with Crippen LogP contribution in [0.1, 0.15) is 22.3 Å². The molecule has 0 amide bonds. The topological polar surface area (TPSA) is 89.6 Å². The number of carboxylic acids is 1. The predicted molar refractivity (Wildman–Crippen MR) is 74.2 cm³/mol. The van der Waals surface area contributed by atoms with Gasteiger partial charge < -0.3 is 15.6 Å². The van der Waals surface area contributed by atoms with Crippen molar-refractivity contribution in [2.45, 2.75) is 18.2 Å². The van der Waals surface area contributed by atoms with E-state index in [4.69, 9.17) is 10.8 Å². The number of hydrogen-bond donors (Lipinski definition) is 2. The zero-order valence-electron chi connectivity index (χ0n) is 10.7. The van der Waals surface area contributed by atoms with Crippen molar-refractivity contribution in [3.05, 3.63) is 35.4 Å². The van der Waals surface area contributed by atoms with E-state index in [0.29, 0.717) is 17.7 Å². The Balaban J connectivity index is 2.34. The van der Waals surface area contributed by atoms with Crippen molar-refractivity contribution in [3.8, 4) is 0 Å². The number of rotatable bonds is 7. The van der Waals surface area contributed by atoms with Gasteiger partial charge in [0, 0.05) is 5.75 Å². The molecule has 0 aromatic heterocycles. The number of carbonyl (C=O) groups is 2. The van der Waals surface area contributed by atoms with Crippen LogP contribution in [0.2, 0.25) is 0 Å². The van der Waals surface area contributed by atoms with E-state index in [1.165, 1.54) is 7.11 Å². The SMILES string of the molecule is COC(=O)c1ccc(CSCCC(N)C(=O)O)cc1. The lowest BCUT2D eigenvalue weighted by molar-refractivity contribution is -0.138. The van der Waals surface area contributed by atoms with Crippen LogP contribution in [0.4, 0.5) is 0 Å². The van der Waals surface area contributed by atoms with Gasteiger partial charge in [-0.15, -0.1) is 0 Å². The fraction of sp³-hybridized carbons (Fsp3) is 0.385. The number of carboxylic acid groups (broad SMARTS) is 1. The minimum atomic E-state index is -0.969. The van der Waals surface area contributed by atoms with Crippen molar-refractivity contribution < 1.29 is 19.4 Å². The van der Waals surface area contributed by atoms with E-state index in [9.17, 15) is 9.59 Å². The van der Waals surface area contributed by atoms with Crippen molar-refractivity contribution in [1.82, 2.24) is 0 Å². The van der Waals surface area contributed by atoms with Crippen LogP contribution in [0.5, 0.6) is 0 Å². The normalized spacial score (nSPS) is 11.9. The molecule has 1 atom stereocenters. The minimum Gasteiger partial charge on any atom is -0.480 e. The molecule has 1 rings (SSSR count). The Morgan fingerprint density at radius 1 is 1.37 bits per heavy atom. The van der Waals surface area contributed by atoms with Gasteiger partial charge in [-0.1, -0.05) is 12.1 Å². The summed E-state index contributed by atoms with van der Waals surface area (Å²) in [6, 6.07) is 6.34. The highest BCUT2D eigenvalue weighted by molar-refractivity contribution is 7.98. The number of aliphatic carboxylic acids is 1. The van der Waals surface area contributed by atoms with Crippen LogP contribution in [0.15, 0.2) is 24.3 Å². The Morgan fingerprint density at radius 3 is 2.53 bits per heavy atom. The van der Waals surface area contributed by atoms with Gasteiger partial charge in [0.05, 0.1) is 12.7 Å². The Hall–Kier alpha value is -1.53. The lowest BCUT2D eigenvalue weighted by Gasteiger charge is -2.06. The van der Waals surface area contributed by atoms with Gasteiger partial charge in [-0.3, -0.25) is 4.79 Å². The van der Waals surface area contributed by atoms with Crippen molar-refractivity contribution in [2.24, 2.45) is 5.73 Å². The van der Waals surface area contributed by atoms with Gasteiger partial charge in [0.2, 0.25) is 0 Å². The van der Waals surface area contributed by atoms with Crippen LogP contribution in [0.25, 0.3) is 0 Å². The maximum atomic E-state index is 11.2. The zero-order valence-corrected chi connectivity index (χ0v) is 11.5. The molecular weight excluding hydrogens is 266 g/mol. The fourth-order valence-electron chi connectivity index (χ4n) is 1.38. The van der Waals surface area contributed by atoms with Crippen molar-refractivity contribution >= 4 is 23.7 Å². The molecule has 1 aromatic carbocycles. The van der Waals surface area contributed by atoms with Gasteiger partial charge in [-0.25, -0.2) is 4.79 Å². The van der Waals surface area contributed by atoms with E-state index < -0.39 is 12.0 Å². The average Bonchev–Trinajstić information content (AvgIpc) is 2.43. The first-order valence-electron chi connectivity index (χ1n) is 5.78. The highest BCUT2D eigenvalue weighted by atomic mass is 32.2. The van der Waals surface area contributed by atoms with Gasteiger partial charge in [0.1, 0.15) is 6.04 Å². The second-order valence-corrected chi connectivity index (χ2v) is 5.08. The average molecular weight is 283 g/mol. The van der Waals surface area contributed by atoms with Crippen molar-refractivity contribution in [2.75, 3.05) is 12.9 Å². The summed E-state index contributed by atoms with van der Waals surface area (Å²) in [5, 5.41) is 8.63. The Labute approximate surface area is 116 Å². The first-order valence-corrected chi connectivity index (χ1v) is 6.93. The van der Waals surface area contributed by atoms with Crippen LogP contribution in [-0.2, 0) is 15.3 Å². The van der Waals surface area contributed by atoms with Crippen molar-refractivity contribution in [1.29, 1.82) is 0 Å². The van der Waals surface area contributed by atoms with Gasteiger partial charge in [-0.05, 0) is 29.9 Å². The summed E-state index contributed by atoms with van der Waals surface area (Å²) in [4.78, 5) is 21.7. The van der Waals surface area contributed by atoms with Crippen LogP contribution >= 0.6 is 11.8 Å². The standard InChI is InChI=1S/C13H17NO4S/c1-18-13(17)10-4-2-9(3-5-10)8-19-7-6-11(14)12(15)16/h2-5,11H,6-8,14H2,1H3,(H,15,16). The van der Waals surface area contributed by atoms with Crippen LogP contribution < -0.4 is 5.73 Å². The number of nitrogens with two attached hydrogens (primary N) is 1. The summed E-state index contributed by atoms with van der Waals surface area (Å²) in [7, 11) is 1.35. The van der Waals surface area contributed by atoms with E-state index in [0.717, 1.165) is 11.3 Å². The van der Waals surface area contributed by atoms with Crippen LogP contribution in [-0.4, -0.2) is 35.9 Å². The molecule has 0 saturated carbocycles. The molecule has 0 radical (unpaired) electrons. The number of methoxy groups -OCH3 is 1. The molecule has 6 heteroatoms. The van der Waals surface area contributed by atoms with Gasteiger partial charge in [0.15, 0.2) is 0 Å². The third kappa shape index (κ3) is 5.32. The number of ether oxygens (including phenoxy) is 1. The number of carbonyl (C=O) groups excluding carboxylic acids is 1. The van der Waals surface area contributed by atoms with E-state index in [2.05, 4.69) is 4.74 Å². The molecule has 3 N–H and O–H groups in total. The largest absolute Gasteiger partial charge is 0.480 e. The molecule has 0 aliphatic carbocycles. The number of esters is 1. The first-order chi connectivity index (χ1) is 9.04. The molecule has 19 heavy (non-hydrogen) atoms. The third-order valence-corrected chi connectivity index (χ3v) is 3.60. The monoisotopic (exact) mass is 283 g/mol. The van der Waals surface area contributed by atoms with E-state index in [1.807, 2.05) is 12.1 Å². The maximum Gasteiger partial charge on any atom is 0.337 e. The lowest BCUT2D eigenvalue weighted by Crippen LogP contribution is -2.30. The van der Waals surface area contributed by atoms with Gasteiger partial charge in [0.25, 0.3) is 0 Å². The Bertz CT molecular complexity index is 433. The Morgan fingerprint density at radius 2 is 2.00 bits per heavy atom. The number of benzene rings is 1.